The van der Waals surface area contributed by atoms with E-state index in [4.69, 9.17) is 0 Å². The predicted molar refractivity (Wildman–Crippen MR) is 80.8 cm³/mol. The van der Waals surface area contributed by atoms with E-state index in [0.29, 0.717) is 6.54 Å². The molecule has 0 aromatic heterocycles. The molecule has 1 unspecified atom stereocenters. The molecule has 5 nitrogen and oxygen atoms in total. The normalized spacial score (nSPS) is 11.6. The van der Waals surface area contributed by atoms with Gasteiger partial charge in [-0.25, -0.2) is 4.79 Å². The van der Waals surface area contributed by atoms with Crippen LogP contribution in [0.3, 0.4) is 0 Å². The quantitative estimate of drug-likeness (QED) is 0.773. The van der Waals surface area contributed by atoms with E-state index >= 15 is 0 Å². The van der Waals surface area contributed by atoms with E-state index in [2.05, 4.69) is 16.0 Å². The number of benzene rings is 1. The molecule has 0 bridgehead atoms. The average molecular weight is 277 g/mol. The number of carbonyl (C=O) groups excluding carboxylic acids is 2. The van der Waals surface area contributed by atoms with Gasteiger partial charge >= 0.3 is 6.03 Å². The van der Waals surface area contributed by atoms with Gasteiger partial charge < -0.3 is 16.0 Å². The van der Waals surface area contributed by atoms with Gasteiger partial charge in [-0.3, -0.25) is 4.79 Å². The van der Waals surface area contributed by atoms with Gasteiger partial charge in [0.1, 0.15) is 6.04 Å². The molecule has 0 radical (unpaired) electrons. The molecule has 3 N–H and O–H groups in total. The minimum Gasteiger partial charge on any atom is -0.354 e. The van der Waals surface area contributed by atoms with Crippen LogP contribution in [0.5, 0.6) is 0 Å². The zero-order chi connectivity index (χ0) is 15.1. The lowest BCUT2D eigenvalue weighted by molar-refractivity contribution is -0.122. The zero-order valence-electron chi connectivity index (χ0n) is 12.5. The van der Waals surface area contributed by atoms with Crippen LogP contribution in [0.1, 0.15) is 31.4 Å². The molecule has 0 aliphatic heterocycles. The summed E-state index contributed by atoms with van der Waals surface area (Å²) in [6.45, 7) is 8.12. The highest BCUT2D eigenvalue weighted by atomic mass is 16.2. The third-order valence-corrected chi connectivity index (χ3v) is 3.01. The number of aryl methyl sites for hydroxylation is 2. The molecule has 3 amide bonds. The Morgan fingerprint density at radius 1 is 1.20 bits per heavy atom. The van der Waals surface area contributed by atoms with Crippen LogP contribution in [0.15, 0.2) is 18.2 Å². The Hall–Kier alpha value is -2.04. The van der Waals surface area contributed by atoms with Crippen LogP contribution in [-0.2, 0) is 4.79 Å². The van der Waals surface area contributed by atoms with E-state index in [-0.39, 0.29) is 11.9 Å². The number of urea groups is 1. The summed E-state index contributed by atoms with van der Waals surface area (Å²) in [5.41, 5.74) is 2.76. The molecule has 0 saturated carbocycles. The zero-order valence-corrected chi connectivity index (χ0v) is 12.5. The number of rotatable bonds is 5. The second kappa shape index (κ2) is 7.53. The molecule has 5 heteroatoms. The lowest BCUT2D eigenvalue weighted by Crippen LogP contribution is -2.46. The maximum absolute atomic E-state index is 11.9. The van der Waals surface area contributed by atoms with Crippen molar-refractivity contribution in [3.8, 4) is 0 Å². The molecule has 0 aliphatic rings. The van der Waals surface area contributed by atoms with Crippen LogP contribution in [-0.4, -0.2) is 24.5 Å². The first-order chi connectivity index (χ1) is 9.45. The van der Waals surface area contributed by atoms with Crippen molar-refractivity contribution in [3.63, 3.8) is 0 Å². The molecular formula is C15H23N3O2. The Morgan fingerprint density at radius 3 is 2.35 bits per heavy atom. The highest BCUT2D eigenvalue weighted by Crippen LogP contribution is 2.19. The van der Waals surface area contributed by atoms with Crippen molar-refractivity contribution in [1.82, 2.24) is 10.6 Å². The lowest BCUT2D eigenvalue weighted by atomic mass is 10.1. The van der Waals surface area contributed by atoms with Crippen molar-refractivity contribution in [3.05, 3.63) is 29.3 Å². The third-order valence-electron chi connectivity index (χ3n) is 3.01. The SMILES string of the molecule is CCCNC(=O)C(C)NC(=O)Nc1c(C)cccc1C. The molecule has 20 heavy (non-hydrogen) atoms. The Labute approximate surface area is 120 Å². The summed E-state index contributed by atoms with van der Waals surface area (Å²) < 4.78 is 0. The molecule has 0 heterocycles. The summed E-state index contributed by atoms with van der Waals surface area (Å²) in [5.74, 6) is -0.177. The van der Waals surface area contributed by atoms with E-state index in [0.717, 1.165) is 23.2 Å². The van der Waals surface area contributed by atoms with Gasteiger partial charge in [-0.05, 0) is 38.3 Å². The van der Waals surface area contributed by atoms with Crippen LogP contribution < -0.4 is 16.0 Å². The van der Waals surface area contributed by atoms with Crippen LogP contribution in [0.2, 0.25) is 0 Å². The number of hydrogen-bond donors (Lipinski definition) is 3. The van der Waals surface area contributed by atoms with Crippen molar-refractivity contribution in [1.29, 1.82) is 0 Å². The smallest absolute Gasteiger partial charge is 0.319 e. The number of amides is 3. The second-order valence-corrected chi connectivity index (χ2v) is 4.88. The summed E-state index contributed by atoms with van der Waals surface area (Å²) in [5, 5.41) is 8.16. The van der Waals surface area contributed by atoms with Crippen molar-refractivity contribution < 1.29 is 9.59 Å². The Bertz CT molecular complexity index is 466. The first-order valence-electron chi connectivity index (χ1n) is 6.87. The average Bonchev–Trinajstić information content (AvgIpc) is 2.40. The predicted octanol–water partition coefficient (Wildman–Crippen LogP) is 2.34. The molecule has 0 saturated heterocycles. The molecule has 1 aromatic rings. The Balaban J connectivity index is 2.57. The number of nitrogens with one attached hydrogen (secondary N) is 3. The number of carbonyl (C=O) groups is 2. The van der Waals surface area contributed by atoms with E-state index < -0.39 is 6.04 Å². The van der Waals surface area contributed by atoms with E-state index in [1.807, 2.05) is 39.0 Å². The van der Waals surface area contributed by atoms with E-state index in [9.17, 15) is 9.59 Å². The summed E-state index contributed by atoms with van der Waals surface area (Å²) in [6.07, 6.45) is 0.868. The first-order valence-corrected chi connectivity index (χ1v) is 6.87. The lowest BCUT2D eigenvalue weighted by Gasteiger charge is -2.16. The number of hydrogen-bond acceptors (Lipinski definition) is 2. The third kappa shape index (κ3) is 4.57. The van der Waals surface area contributed by atoms with Crippen molar-refractivity contribution in [2.45, 2.75) is 40.2 Å². The van der Waals surface area contributed by atoms with E-state index in [1.165, 1.54) is 0 Å². The molecule has 0 spiro atoms. The fraction of sp³-hybridized carbons (Fsp3) is 0.467. The van der Waals surface area contributed by atoms with Gasteiger partial charge in [0.2, 0.25) is 5.91 Å². The Morgan fingerprint density at radius 2 is 1.80 bits per heavy atom. The minimum absolute atomic E-state index is 0.177. The Kier molecular flexibility index (Phi) is 6.03. The molecule has 1 rings (SSSR count). The van der Waals surface area contributed by atoms with Gasteiger partial charge in [0.15, 0.2) is 0 Å². The van der Waals surface area contributed by atoms with Crippen LogP contribution in [0.4, 0.5) is 10.5 Å². The fourth-order valence-electron chi connectivity index (χ4n) is 1.82. The maximum atomic E-state index is 11.9. The van der Waals surface area contributed by atoms with Crippen molar-refractivity contribution in [2.75, 3.05) is 11.9 Å². The standard InChI is InChI=1S/C15H23N3O2/c1-5-9-16-14(19)12(4)17-15(20)18-13-10(2)7-6-8-11(13)3/h6-8,12H,5,9H2,1-4H3,(H,16,19)(H2,17,18,20). The first kappa shape index (κ1) is 16.0. The van der Waals surface area contributed by atoms with E-state index in [1.54, 1.807) is 6.92 Å². The highest BCUT2D eigenvalue weighted by Gasteiger charge is 2.15. The van der Waals surface area contributed by atoms with Crippen LogP contribution in [0.25, 0.3) is 0 Å². The molecular weight excluding hydrogens is 254 g/mol. The van der Waals surface area contributed by atoms with Crippen LogP contribution >= 0.6 is 0 Å². The van der Waals surface area contributed by atoms with Crippen molar-refractivity contribution in [2.24, 2.45) is 0 Å². The van der Waals surface area contributed by atoms with Crippen LogP contribution in [0, 0.1) is 13.8 Å². The van der Waals surface area contributed by atoms with Crippen molar-refractivity contribution >= 4 is 17.6 Å². The van der Waals surface area contributed by atoms with Gasteiger partial charge in [-0.1, -0.05) is 25.1 Å². The topological polar surface area (TPSA) is 70.2 Å². The minimum atomic E-state index is -0.564. The summed E-state index contributed by atoms with van der Waals surface area (Å²) >= 11 is 0. The summed E-state index contributed by atoms with van der Waals surface area (Å²) in [6, 6.07) is 4.86. The maximum Gasteiger partial charge on any atom is 0.319 e. The molecule has 1 aromatic carbocycles. The van der Waals surface area contributed by atoms with Gasteiger partial charge in [0, 0.05) is 12.2 Å². The van der Waals surface area contributed by atoms with Gasteiger partial charge in [-0.2, -0.15) is 0 Å². The molecule has 1 atom stereocenters. The second-order valence-electron chi connectivity index (χ2n) is 4.88. The summed E-state index contributed by atoms with van der Waals surface area (Å²) in [4.78, 5) is 23.6. The molecule has 0 fully saturated rings. The number of para-hydroxylation sites is 1. The van der Waals surface area contributed by atoms with Gasteiger partial charge in [0.05, 0.1) is 0 Å². The highest BCUT2D eigenvalue weighted by molar-refractivity contribution is 5.94. The summed E-state index contributed by atoms with van der Waals surface area (Å²) in [7, 11) is 0. The molecule has 0 aliphatic carbocycles. The number of anilines is 1. The van der Waals surface area contributed by atoms with Gasteiger partial charge in [-0.15, -0.1) is 0 Å². The van der Waals surface area contributed by atoms with Gasteiger partial charge in [0.25, 0.3) is 0 Å². The largest absolute Gasteiger partial charge is 0.354 e. The molecule has 110 valence electrons. The monoisotopic (exact) mass is 277 g/mol. The fourth-order valence-corrected chi connectivity index (χ4v) is 1.82.